The molecule has 0 amide bonds. The fourth-order valence-electron chi connectivity index (χ4n) is 1.28. The van der Waals surface area contributed by atoms with Crippen molar-refractivity contribution >= 4 is 10.8 Å². The van der Waals surface area contributed by atoms with Crippen molar-refractivity contribution < 1.29 is 46.3 Å². The first-order valence-electron chi connectivity index (χ1n) is 5.79. The van der Waals surface area contributed by atoms with Gasteiger partial charge in [-0.15, -0.1) is 10.2 Å². The zero-order valence-corrected chi connectivity index (χ0v) is 10.6. The van der Waals surface area contributed by atoms with E-state index in [0.717, 1.165) is 0 Å². The van der Waals surface area contributed by atoms with Gasteiger partial charge < -0.3 is 10.2 Å². The number of hydrogen-bond donors (Lipinski definition) is 2. The number of benzene rings is 1. The van der Waals surface area contributed by atoms with Crippen LogP contribution >= 0.6 is 0 Å². The van der Waals surface area contributed by atoms with Crippen molar-refractivity contribution in [2.75, 3.05) is 0 Å². The molecule has 104 valence electrons. The molecule has 1 heterocycles. The maximum absolute atomic E-state index is 9.79. The predicted molar refractivity (Wildman–Crippen MR) is 53.4 cm³/mol. The Morgan fingerprint density at radius 3 is 2.21 bits per heavy atom. The third-order valence-corrected chi connectivity index (χ3v) is 2.13. The molecule has 2 aromatic rings. The molecule has 0 radical (unpaired) electrons. The zero-order chi connectivity index (χ0) is 16.5. The fourth-order valence-corrected chi connectivity index (χ4v) is 1.28. The van der Waals surface area contributed by atoms with E-state index in [9.17, 15) is 10.2 Å². The molecule has 1 aromatic carbocycles. The van der Waals surface area contributed by atoms with Crippen LogP contribution in [0.5, 0.6) is 11.5 Å². The fraction of sp³-hybridized carbons (Fsp3) is 0.182. The molecule has 0 aliphatic carbocycles. The van der Waals surface area contributed by atoms with Gasteiger partial charge in [0.05, 0.1) is 9.67 Å². The number of hydrogen-bond acceptors (Lipinski definition) is 6. The van der Waals surface area contributed by atoms with E-state index in [2.05, 4.69) is 0 Å². The van der Waals surface area contributed by atoms with Crippen LogP contribution in [0.1, 0.15) is 14.1 Å². The summed E-state index contributed by atoms with van der Waals surface area (Å²) in [6, 6.07) is -0.151. The Morgan fingerprint density at radius 2 is 1.68 bits per heavy atom. The smallest absolute Gasteiger partial charge is 0.329 e. The molecule has 0 atom stereocenters. The van der Waals surface area contributed by atoms with Gasteiger partial charge in [-0.2, -0.15) is 0 Å². The van der Waals surface area contributed by atoms with Gasteiger partial charge in [-0.3, -0.25) is 0 Å². The van der Waals surface area contributed by atoms with Gasteiger partial charge in [-0.05, 0) is 13.0 Å². The average molecular weight is 293 g/mol. The van der Waals surface area contributed by atoms with Crippen molar-refractivity contribution in [3.8, 4) is 11.5 Å². The summed E-state index contributed by atoms with van der Waals surface area (Å²) < 4.78 is 54.6. The van der Waals surface area contributed by atoms with Gasteiger partial charge in [-0.1, -0.05) is 0 Å². The second kappa shape index (κ2) is 5.55. The second-order valence-corrected chi connectivity index (χ2v) is 4.29. The van der Waals surface area contributed by atoms with E-state index in [0.29, 0.717) is 5.76 Å². The standard InChI is InChI=1S/C11H10O3.ClHO4/c1-6-3-8-4-10(12)7(2)11(13)9(8)5-14-6;2-1(3,4)5/h3-5H,1-2H3,(H-,12,13);(H,2,3,4,5)/i3D,4D;. The van der Waals surface area contributed by atoms with Crippen molar-refractivity contribution in [3.63, 3.8) is 0 Å². The summed E-state index contributed by atoms with van der Waals surface area (Å²) in [7, 11) is -4.94. The highest BCUT2D eigenvalue weighted by Crippen LogP contribution is 2.34. The summed E-state index contributed by atoms with van der Waals surface area (Å²) in [5.74, 6) is -0.117. The normalized spacial score (nSPS) is 12.5. The average Bonchev–Trinajstić information content (AvgIpc) is 2.35. The van der Waals surface area contributed by atoms with Crippen LogP contribution in [0.3, 0.4) is 0 Å². The summed E-state index contributed by atoms with van der Waals surface area (Å²) in [4.78, 5) is 0. The molecular formula is C11H11ClO7. The number of aryl methyl sites for hydroxylation is 1. The van der Waals surface area contributed by atoms with Crippen LogP contribution in [-0.4, -0.2) is 10.2 Å². The highest BCUT2D eigenvalue weighted by atomic mass is 35.7. The SMILES string of the molecule is [2H]c1c(C)[o+]cc2c(O)c(C)c(O)c([2H])c12.[O-][Cl+3]([O-])([O-])[O-]. The molecule has 0 unspecified atom stereocenters. The molecule has 7 nitrogen and oxygen atoms in total. The molecule has 1 aromatic heterocycles. The van der Waals surface area contributed by atoms with E-state index in [1.54, 1.807) is 6.92 Å². The topological polar surface area (TPSA) is 144 Å². The molecule has 0 aliphatic heterocycles. The van der Waals surface area contributed by atoms with Crippen LogP contribution in [0.2, 0.25) is 0 Å². The number of rotatable bonds is 0. The third kappa shape index (κ3) is 4.51. The lowest BCUT2D eigenvalue weighted by atomic mass is 10.1. The molecule has 0 saturated carbocycles. The van der Waals surface area contributed by atoms with Crippen molar-refractivity contribution in [1.29, 1.82) is 0 Å². The zero-order valence-electron chi connectivity index (χ0n) is 11.9. The Kier molecular flexibility index (Phi) is 3.62. The summed E-state index contributed by atoms with van der Waals surface area (Å²) in [6.07, 6.45) is 1.29. The van der Waals surface area contributed by atoms with Crippen LogP contribution < -0.4 is 18.6 Å². The lowest BCUT2D eigenvalue weighted by Gasteiger charge is -2.17. The quantitative estimate of drug-likeness (QED) is 0.533. The number of halogens is 1. The minimum atomic E-state index is -4.94. The lowest BCUT2D eigenvalue weighted by molar-refractivity contribution is -2.00. The number of fused-ring (bicyclic) bond motifs is 1. The van der Waals surface area contributed by atoms with Crippen molar-refractivity contribution in [1.82, 2.24) is 0 Å². The minimum absolute atomic E-state index is 0.00750. The minimum Gasteiger partial charge on any atom is -0.508 e. The Balaban J connectivity index is 0.000000383. The van der Waals surface area contributed by atoms with Crippen LogP contribution in [0.25, 0.3) is 10.8 Å². The van der Waals surface area contributed by atoms with E-state index in [-0.39, 0.29) is 39.9 Å². The predicted octanol–water partition coefficient (Wildman–Crippen LogP) is -2.01. The Hall–Kier alpha value is -1.64. The molecular weight excluding hydrogens is 280 g/mol. The van der Waals surface area contributed by atoms with E-state index < -0.39 is 10.2 Å². The largest absolute Gasteiger partial charge is 0.508 e. The van der Waals surface area contributed by atoms with Crippen molar-refractivity contribution in [2.45, 2.75) is 13.8 Å². The molecule has 19 heavy (non-hydrogen) atoms. The molecule has 0 aliphatic rings. The van der Waals surface area contributed by atoms with Gasteiger partial charge in [0.15, 0.2) is 0 Å². The first kappa shape index (κ1) is 12.4. The second-order valence-electron chi connectivity index (χ2n) is 3.53. The van der Waals surface area contributed by atoms with Gasteiger partial charge >= 0.3 is 12.0 Å². The van der Waals surface area contributed by atoms with Crippen LogP contribution in [0.4, 0.5) is 0 Å². The number of phenols is 2. The highest BCUT2D eigenvalue weighted by molar-refractivity contribution is 5.90. The number of aromatic hydroxyl groups is 2. The van der Waals surface area contributed by atoms with Gasteiger partial charge in [0, 0.05) is 17.0 Å². The van der Waals surface area contributed by atoms with E-state index >= 15 is 0 Å². The van der Waals surface area contributed by atoms with E-state index in [4.69, 9.17) is 25.8 Å². The maximum atomic E-state index is 9.79. The van der Waals surface area contributed by atoms with E-state index in [1.165, 1.54) is 13.2 Å². The summed E-state index contributed by atoms with van der Waals surface area (Å²) in [5.41, 5.74) is 0.218. The van der Waals surface area contributed by atoms with Gasteiger partial charge in [0.2, 0.25) is 0 Å². The molecule has 0 fully saturated rings. The first-order chi connectivity index (χ1) is 9.45. The molecule has 0 spiro atoms. The first-order valence-corrected chi connectivity index (χ1v) is 6.03. The van der Waals surface area contributed by atoms with Gasteiger partial charge in [0.25, 0.3) is 0 Å². The molecule has 0 saturated heterocycles. The van der Waals surface area contributed by atoms with Gasteiger partial charge in [-0.25, -0.2) is 23.1 Å². The molecule has 2 rings (SSSR count). The lowest BCUT2D eigenvalue weighted by Crippen LogP contribution is -2.68. The van der Waals surface area contributed by atoms with Crippen LogP contribution in [0, 0.1) is 24.1 Å². The van der Waals surface area contributed by atoms with E-state index in [1.807, 2.05) is 0 Å². The summed E-state index contributed by atoms with van der Waals surface area (Å²) in [6.45, 7) is 3.10. The summed E-state index contributed by atoms with van der Waals surface area (Å²) in [5, 5.41) is 19.9. The highest BCUT2D eigenvalue weighted by Gasteiger charge is 2.13. The third-order valence-electron chi connectivity index (χ3n) is 2.13. The van der Waals surface area contributed by atoms with Gasteiger partial charge in [0.1, 0.15) is 16.9 Å². The number of phenolic OH excluding ortho intramolecular Hbond substituents is 2. The molecule has 0 bridgehead atoms. The van der Waals surface area contributed by atoms with Crippen LogP contribution in [-0.2, 0) is 0 Å². The molecule has 2 N–H and O–H groups in total. The van der Waals surface area contributed by atoms with Crippen molar-refractivity contribution in [2.24, 2.45) is 0 Å². The Labute approximate surface area is 113 Å². The van der Waals surface area contributed by atoms with Crippen molar-refractivity contribution in [3.05, 3.63) is 29.7 Å². The summed E-state index contributed by atoms with van der Waals surface area (Å²) >= 11 is 0. The maximum Gasteiger partial charge on any atom is 0.329 e. The molecule has 8 heteroatoms. The van der Waals surface area contributed by atoms with Crippen LogP contribution in [0.15, 0.2) is 22.8 Å². The monoisotopic (exact) mass is 292 g/mol. The Morgan fingerprint density at radius 1 is 1.16 bits per heavy atom. The Bertz CT molecular complexity index is 679.